The molecule has 0 saturated carbocycles. The molecule has 178 valence electrons. The minimum Gasteiger partial charge on any atom is -0.493 e. The van der Waals surface area contributed by atoms with Crippen LogP contribution in [0, 0.1) is 6.92 Å². The normalized spacial score (nSPS) is 15.6. The SMILES string of the molecule is CCNC(=NCc1ccc(OC)c(OC)c1)NCC(c1ccc(C)o1)N1CCOCC1.I. The number of aliphatic imine (C=N–C) groups is 1. The molecule has 9 heteroatoms. The van der Waals surface area contributed by atoms with Gasteiger partial charge >= 0.3 is 0 Å². The van der Waals surface area contributed by atoms with Gasteiger partial charge in [-0.1, -0.05) is 6.07 Å². The van der Waals surface area contributed by atoms with Crippen LogP contribution in [0.15, 0.2) is 39.7 Å². The number of nitrogens with zero attached hydrogens (tertiary/aromatic N) is 2. The summed E-state index contributed by atoms with van der Waals surface area (Å²) in [6.45, 7) is 9.26. The van der Waals surface area contributed by atoms with Gasteiger partial charge in [0, 0.05) is 26.2 Å². The topological polar surface area (TPSA) is 80.5 Å². The van der Waals surface area contributed by atoms with E-state index in [0.717, 1.165) is 55.9 Å². The molecule has 8 nitrogen and oxygen atoms in total. The number of guanidine groups is 1. The number of methoxy groups -OCH3 is 2. The Morgan fingerprint density at radius 1 is 1.09 bits per heavy atom. The summed E-state index contributed by atoms with van der Waals surface area (Å²) in [5.74, 6) is 4.06. The molecule has 2 aromatic rings. The molecule has 1 saturated heterocycles. The fourth-order valence-electron chi connectivity index (χ4n) is 3.62. The molecule has 0 bridgehead atoms. The van der Waals surface area contributed by atoms with Crippen molar-refractivity contribution >= 4 is 29.9 Å². The maximum absolute atomic E-state index is 5.96. The van der Waals surface area contributed by atoms with E-state index in [1.165, 1.54) is 0 Å². The van der Waals surface area contributed by atoms with Crippen LogP contribution >= 0.6 is 24.0 Å². The third-order valence-corrected chi connectivity index (χ3v) is 5.25. The highest BCUT2D eigenvalue weighted by Gasteiger charge is 2.25. The molecule has 0 aliphatic carbocycles. The lowest BCUT2D eigenvalue weighted by Gasteiger charge is -2.33. The largest absolute Gasteiger partial charge is 0.493 e. The Labute approximate surface area is 207 Å². The summed E-state index contributed by atoms with van der Waals surface area (Å²) < 4.78 is 22.2. The lowest BCUT2D eigenvalue weighted by molar-refractivity contribution is 0.0124. The Hall–Kier alpha value is -1.98. The number of benzene rings is 1. The molecule has 1 aliphatic rings. The molecule has 1 fully saturated rings. The quantitative estimate of drug-likeness (QED) is 0.278. The molecule has 1 unspecified atom stereocenters. The molecular weight excluding hydrogens is 523 g/mol. The van der Waals surface area contributed by atoms with Crippen LogP contribution in [0.5, 0.6) is 11.5 Å². The van der Waals surface area contributed by atoms with Gasteiger partial charge in [0.1, 0.15) is 11.5 Å². The van der Waals surface area contributed by atoms with E-state index in [1.807, 2.05) is 31.2 Å². The highest BCUT2D eigenvalue weighted by Crippen LogP contribution is 2.28. The lowest BCUT2D eigenvalue weighted by atomic mass is 10.1. The molecule has 3 rings (SSSR count). The number of halogens is 1. The number of morpholine rings is 1. The van der Waals surface area contributed by atoms with Crippen molar-refractivity contribution < 1.29 is 18.6 Å². The molecule has 32 heavy (non-hydrogen) atoms. The van der Waals surface area contributed by atoms with E-state index in [1.54, 1.807) is 14.2 Å². The van der Waals surface area contributed by atoms with Gasteiger partial charge in [0.25, 0.3) is 0 Å². The number of aryl methyl sites for hydroxylation is 1. The van der Waals surface area contributed by atoms with Gasteiger partial charge in [-0.05, 0) is 43.7 Å². The van der Waals surface area contributed by atoms with Crippen LogP contribution in [-0.4, -0.2) is 64.5 Å². The van der Waals surface area contributed by atoms with Gasteiger partial charge in [-0.15, -0.1) is 24.0 Å². The van der Waals surface area contributed by atoms with Gasteiger partial charge in [-0.2, -0.15) is 0 Å². The fourth-order valence-corrected chi connectivity index (χ4v) is 3.62. The van der Waals surface area contributed by atoms with Crippen LogP contribution in [0.4, 0.5) is 0 Å². The number of rotatable bonds is 9. The Bertz CT molecular complexity index is 852. The van der Waals surface area contributed by atoms with Crippen LogP contribution in [0.1, 0.15) is 30.0 Å². The highest BCUT2D eigenvalue weighted by molar-refractivity contribution is 14.0. The molecule has 1 aliphatic heterocycles. The second-order valence-corrected chi connectivity index (χ2v) is 7.38. The molecule has 1 aromatic carbocycles. The third kappa shape index (κ3) is 7.28. The first-order valence-corrected chi connectivity index (χ1v) is 10.8. The van der Waals surface area contributed by atoms with Gasteiger partial charge in [0.05, 0.1) is 40.0 Å². The molecule has 0 spiro atoms. The molecule has 1 atom stereocenters. The van der Waals surface area contributed by atoms with Gasteiger partial charge in [-0.3, -0.25) is 4.90 Å². The summed E-state index contributed by atoms with van der Waals surface area (Å²) in [6.07, 6.45) is 0. The second-order valence-electron chi connectivity index (χ2n) is 7.38. The van der Waals surface area contributed by atoms with E-state index in [9.17, 15) is 0 Å². The van der Waals surface area contributed by atoms with Crippen LogP contribution in [-0.2, 0) is 11.3 Å². The Morgan fingerprint density at radius 2 is 1.84 bits per heavy atom. The molecule has 2 heterocycles. The number of ether oxygens (including phenoxy) is 3. The fraction of sp³-hybridized carbons (Fsp3) is 0.522. The summed E-state index contributed by atoms with van der Waals surface area (Å²) in [5, 5.41) is 6.82. The zero-order chi connectivity index (χ0) is 22.1. The Balaban J connectivity index is 0.00000363. The average Bonchev–Trinajstić information content (AvgIpc) is 3.23. The minimum absolute atomic E-state index is 0. The van der Waals surface area contributed by atoms with Crippen LogP contribution < -0.4 is 20.1 Å². The third-order valence-electron chi connectivity index (χ3n) is 5.25. The maximum atomic E-state index is 5.96. The van der Waals surface area contributed by atoms with Crippen molar-refractivity contribution in [3.8, 4) is 11.5 Å². The zero-order valence-corrected chi connectivity index (χ0v) is 21.7. The van der Waals surface area contributed by atoms with E-state index < -0.39 is 0 Å². The lowest BCUT2D eigenvalue weighted by Crippen LogP contribution is -2.46. The van der Waals surface area contributed by atoms with Crippen molar-refractivity contribution in [3.05, 3.63) is 47.4 Å². The molecule has 1 aromatic heterocycles. The van der Waals surface area contributed by atoms with E-state index in [4.69, 9.17) is 23.6 Å². The predicted octanol–water partition coefficient (Wildman–Crippen LogP) is 3.35. The molecule has 2 N–H and O–H groups in total. The van der Waals surface area contributed by atoms with Crippen LogP contribution in [0.25, 0.3) is 0 Å². The van der Waals surface area contributed by atoms with Crippen LogP contribution in [0.3, 0.4) is 0 Å². The second kappa shape index (κ2) is 13.5. The van der Waals surface area contributed by atoms with Gasteiger partial charge in [-0.25, -0.2) is 4.99 Å². The Kier molecular flexibility index (Phi) is 11.1. The van der Waals surface area contributed by atoms with Gasteiger partial charge in [0.2, 0.25) is 0 Å². The van der Waals surface area contributed by atoms with Crippen molar-refractivity contribution in [1.29, 1.82) is 0 Å². The maximum Gasteiger partial charge on any atom is 0.191 e. The van der Waals surface area contributed by atoms with Crippen molar-refractivity contribution in [1.82, 2.24) is 15.5 Å². The zero-order valence-electron chi connectivity index (χ0n) is 19.3. The van der Waals surface area contributed by atoms with Gasteiger partial charge < -0.3 is 29.3 Å². The smallest absolute Gasteiger partial charge is 0.191 e. The van der Waals surface area contributed by atoms with Crippen molar-refractivity contribution in [2.45, 2.75) is 26.4 Å². The van der Waals surface area contributed by atoms with Crippen molar-refractivity contribution in [2.24, 2.45) is 4.99 Å². The number of hydrogen-bond donors (Lipinski definition) is 2. The Morgan fingerprint density at radius 3 is 2.47 bits per heavy atom. The minimum atomic E-state index is 0. The summed E-state index contributed by atoms with van der Waals surface area (Å²) in [6, 6.07) is 10.0. The first-order valence-electron chi connectivity index (χ1n) is 10.8. The van der Waals surface area contributed by atoms with Gasteiger partial charge in [0.15, 0.2) is 17.5 Å². The standard InChI is InChI=1S/C23H34N4O4.HI/c1-5-24-23(25-15-18-7-9-21(28-3)22(14-18)29-4)26-16-19(20-8-6-17(2)31-20)27-10-12-30-13-11-27;/h6-9,14,19H,5,10-13,15-16H2,1-4H3,(H2,24,25,26);1H. The molecule has 0 radical (unpaired) electrons. The molecular formula is C23H35IN4O4. The number of furan rings is 1. The summed E-state index contributed by atoms with van der Waals surface area (Å²) in [7, 11) is 3.27. The van der Waals surface area contributed by atoms with E-state index in [0.29, 0.717) is 24.6 Å². The number of nitrogens with one attached hydrogen (secondary N) is 2. The summed E-state index contributed by atoms with van der Waals surface area (Å²) >= 11 is 0. The highest BCUT2D eigenvalue weighted by atomic mass is 127. The van der Waals surface area contributed by atoms with Crippen molar-refractivity contribution in [3.63, 3.8) is 0 Å². The van der Waals surface area contributed by atoms with E-state index >= 15 is 0 Å². The van der Waals surface area contributed by atoms with E-state index in [-0.39, 0.29) is 30.0 Å². The monoisotopic (exact) mass is 558 g/mol. The average molecular weight is 558 g/mol. The number of hydrogen-bond acceptors (Lipinski definition) is 6. The first-order chi connectivity index (χ1) is 15.1. The molecule has 0 amide bonds. The van der Waals surface area contributed by atoms with Crippen molar-refractivity contribution in [2.75, 3.05) is 53.6 Å². The van der Waals surface area contributed by atoms with E-state index in [2.05, 4.69) is 28.5 Å². The summed E-state index contributed by atoms with van der Waals surface area (Å²) in [4.78, 5) is 7.15. The summed E-state index contributed by atoms with van der Waals surface area (Å²) in [5.41, 5.74) is 1.04. The predicted molar refractivity (Wildman–Crippen MR) is 136 cm³/mol. The first kappa shape index (κ1) is 26.3. The van der Waals surface area contributed by atoms with Crippen LogP contribution in [0.2, 0.25) is 0 Å².